The third-order valence-electron chi connectivity index (χ3n) is 6.87. The number of anilines is 2. The highest BCUT2D eigenvalue weighted by atomic mass is 35.5. The molecule has 0 saturated heterocycles. The minimum atomic E-state index is -0.725. The van der Waals surface area contributed by atoms with Crippen LogP contribution >= 0.6 is 11.6 Å². The molecule has 4 aromatic carbocycles. The predicted molar refractivity (Wildman–Crippen MR) is 170 cm³/mol. The van der Waals surface area contributed by atoms with Crippen molar-refractivity contribution in [1.82, 2.24) is 0 Å². The molecule has 0 aliphatic heterocycles. The van der Waals surface area contributed by atoms with E-state index in [1.54, 1.807) is 47.4 Å². The molecule has 0 fully saturated rings. The van der Waals surface area contributed by atoms with Crippen LogP contribution in [0, 0.1) is 5.92 Å². The summed E-state index contributed by atoms with van der Waals surface area (Å²) in [6.07, 6.45) is 0.327. The first-order valence-electron chi connectivity index (χ1n) is 14.1. The van der Waals surface area contributed by atoms with Gasteiger partial charge in [0.25, 0.3) is 0 Å². The number of nitrogens with one attached hydrogen (secondary N) is 1. The number of benzene rings is 4. The number of hydrogen-bond acceptors (Lipinski definition) is 6. The van der Waals surface area contributed by atoms with Crippen molar-refractivity contribution in [2.24, 2.45) is 5.92 Å². The van der Waals surface area contributed by atoms with Gasteiger partial charge in [-0.2, -0.15) is 0 Å². The quantitative estimate of drug-likeness (QED) is 0.134. The lowest BCUT2D eigenvalue weighted by Crippen LogP contribution is -2.37. The van der Waals surface area contributed by atoms with Crippen LogP contribution in [-0.2, 0) is 20.7 Å². The number of carbonyl (C=O) groups is 3. The average molecular weight is 599 g/mol. The SMILES string of the molecule is COC(=O)[C@H](Cc1ccc(OCCN(C(=O)C(C)C)c2ccc(Cl)cc2)cc1)Nc1ccccc1C(=O)c1ccccc1. The van der Waals surface area contributed by atoms with Gasteiger partial charge in [0, 0.05) is 39.9 Å². The van der Waals surface area contributed by atoms with Crippen LogP contribution in [0.1, 0.15) is 35.3 Å². The maximum absolute atomic E-state index is 13.2. The first kappa shape index (κ1) is 31.3. The highest BCUT2D eigenvalue weighted by Crippen LogP contribution is 2.23. The number of rotatable bonds is 13. The first-order valence-corrected chi connectivity index (χ1v) is 14.5. The molecule has 0 bridgehead atoms. The third kappa shape index (κ3) is 8.46. The molecule has 8 heteroatoms. The molecule has 0 aliphatic rings. The molecule has 4 aromatic rings. The Morgan fingerprint density at radius 3 is 2.14 bits per heavy atom. The molecule has 7 nitrogen and oxygen atoms in total. The maximum atomic E-state index is 13.2. The zero-order valence-electron chi connectivity index (χ0n) is 24.5. The van der Waals surface area contributed by atoms with Crippen LogP contribution in [0.5, 0.6) is 5.75 Å². The van der Waals surface area contributed by atoms with Crippen LogP contribution in [0.15, 0.2) is 103 Å². The monoisotopic (exact) mass is 598 g/mol. The number of nitrogens with zero attached hydrogens (tertiary/aromatic N) is 1. The lowest BCUT2D eigenvalue weighted by molar-refractivity contribution is -0.141. The zero-order valence-corrected chi connectivity index (χ0v) is 25.2. The van der Waals surface area contributed by atoms with Gasteiger partial charge in [0.15, 0.2) is 5.78 Å². The Bertz CT molecular complexity index is 1520. The van der Waals surface area contributed by atoms with Gasteiger partial charge >= 0.3 is 5.97 Å². The summed E-state index contributed by atoms with van der Waals surface area (Å²) in [5.74, 6) is -0.125. The van der Waals surface area contributed by atoms with E-state index in [1.165, 1.54) is 7.11 Å². The summed E-state index contributed by atoms with van der Waals surface area (Å²) in [7, 11) is 1.34. The van der Waals surface area contributed by atoms with Gasteiger partial charge in [-0.3, -0.25) is 9.59 Å². The number of esters is 1. The topological polar surface area (TPSA) is 84.9 Å². The highest BCUT2D eigenvalue weighted by molar-refractivity contribution is 6.30. The van der Waals surface area contributed by atoms with E-state index in [9.17, 15) is 14.4 Å². The van der Waals surface area contributed by atoms with Crippen LogP contribution in [0.4, 0.5) is 11.4 Å². The summed E-state index contributed by atoms with van der Waals surface area (Å²) in [5, 5.41) is 3.83. The van der Waals surface area contributed by atoms with Crippen LogP contribution in [0.2, 0.25) is 5.02 Å². The lowest BCUT2D eigenvalue weighted by atomic mass is 10.00. The van der Waals surface area contributed by atoms with Crippen molar-refractivity contribution in [1.29, 1.82) is 0 Å². The number of ether oxygens (including phenoxy) is 2. The third-order valence-corrected chi connectivity index (χ3v) is 7.12. The van der Waals surface area contributed by atoms with Gasteiger partial charge in [0.05, 0.1) is 13.7 Å². The van der Waals surface area contributed by atoms with Crippen molar-refractivity contribution in [3.05, 3.63) is 125 Å². The minimum Gasteiger partial charge on any atom is -0.492 e. The summed E-state index contributed by atoms with van der Waals surface area (Å²) in [6, 6.07) is 30.0. The Kier molecular flexibility index (Phi) is 10.9. The van der Waals surface area contributed by atoms with Crippen molar-refractivity contribution in [3.63, 3.8) is 0 Å². The van der Waals surface area contributed by atoms with E-state index >= 15 is 0 Å². The van der Waals surface area contributed by atoms with Crippen LogP contribution < -0.4 is 15.0 Å². The van der Waals surface area contributed by atoms with E-state index in [1.807, 2.05) is 74.5 Å². The van der Waals surface area contributed by atoms with Gasteiger partial charge in [-0.15, -0.1) is 0 Å². The van der Waals surface area contributed by atoms with Gasteiger partial charge in [0.2, 0.25) is 5.91 Å². The van der Waals surface area contributed by atoms with E-state index in [4.69, 9.17) is 21.1 Å². The number of para-hydroxylation sites is 1. The molecule has 0 saturated carbocycles. The second kappa shape index (κ2) is 15.0. The predicted octanol–water partition coefficient (Wildman–Crippen LogP) is 6.84. The molecular formula is C35H35ClN2O5. The molecule has 4 rings (SSSR count). The van der Waals surface area contributed by atoms with E-state index < -0.39 is 12.0 Å². The van der Waals surface area contributed by atoms with Crippen LogP contribution in [0.3, 0.4) is 0 Å². The van der Waals surface area contributed by atoms with Crippen molar-refractivity contribution in [2.75, 3.05) is 30.5 Å². The average Bonchev–Trinajstić information content (AvgIpc) is 3.03. The fourth-order valence-electron chi connectivity index (χ4n) is 4.59. The second-order valence-corrected chi connectivity index (χ2v) is 10.7. The lowest BCUT2D eigenvalue weighted by Gasteiger charge is -2.25. The molecule has 0 unspecified atom stereocenters. The van der Waals surface area contributed by atoms with Crippen molar-refractivity contribution in [3.8, 4) is 5.75 Å². The fraction of sp³-hybridized carbons (Fsp3) is 0.229. The number of hydrogen-bond donors (Lipinski definition) is 1. The Labute approximate surface area is 257 Å². The number of ketones is 1. The minimum absolute atomic E-state index is 0.00494. The number of methoxy groups -OCH3 is 1. The molecule has 43 heavy (non-hydrogen) atoms. The Balaban J connectivity index is 1.41. The number of halogens is 1. The Morgan fingerprint density at radius 1 is 0.837 bits per heavy atom. The molecule has 0 aromatic heterocycles. The number of carbonyl (C=O) groups excluding carboxylic acids is 3. The zero-order chi connectivity index (χ0) is 30.8. The van der Waals surface area contributed by atoms with E-state index in [-0.39, 0.29) is 17.6 Å². The van der Waals surface area contributed by atoms with E-state index in [0.29, 0.717) is 47.2 Å². The Hall–Kier alpha value is -4.62. The smallest absolute Gasteiger partial charge is 0.328 e. The van der Waals surface area contributed by atoms with Gasteiger partial charge in [0.1, 0.15) is 18.4 Å². The van der Waals surface area contributed by atoms with E-state index in [2.05, 4.69) is 5.32 Å². The largest absolute Gasteiger partial charge is 0.492 e. The van der Waals surface area contributed by atoms with Crippen molar-refractivity contribution < 1.29 is 23.9 Å². The molecular weight excluding hydrogens is 564 g/mol. The van der Waals surface area contributed by atoms with Gasteiger partial charge in [-0.05, 0) is 54.1 Å². The molecule has 0 aliphatic carbocycles. The molecule has 1 atom stereocenters. The standard InChI is InChI=1S/C35H35ClN2O5/c1-24(2)34(40)38(28-17-15-27(36)16-18-28)21-22-43-29-19-13-25(14-20-29)23-32(35(41)42-3)37-31-12-8-7-11-30(31)33(39)26-9-5-4-6-10-26/h4-20,24,32,37H,21-23H2,1-3H3/t32-/m0/s1. The van der Waals surface area contributed by atoms with Gasteiger partial charge in [-0.1, -0.05) is 80.0 Å². The van der Waals surface area contributed by atoms with Crippen molar-refractivity contribution in [2.45, 2.75) is 26.3 Å². The fourth-order valence-corrected chi connectivity index (χ4v) is 4.71. The summed E-state index contributed by atoms with van der Waals surface area (Å²) in [5.41, 5.74) is 3.21. The van der Waals surface area contributed by atoms with Gasteiger partial charge in [-0.25, -0.2) is 4.79 Å². The molecule has 0 radical (unpaired) electrons. The Morgan fingerprint density at radius 2 is 1.49 bits per heavy atom. The normalized spacial score (nSPS) is 11.5. The molecule has 222 valence electrons. The van der Waals surface area contributed by atoms with Crippen LogP contribution in [0.25, 0.3) is 0 Å². The number of amides is 1. The molecule has 1 amide bonds. The van der Waals surface area contributed by atoms with Gasteiger partial charge < -0.3 is 19.7 Å². The first-order chi connectivity index (χ1) is 20.8. The summed E-state index contributed by atoms with van der Waals surface area (Å²) >= 11 is 6.02. The summed E-state index contributed by atoms with van der Waals surface area (Å²) < 4.78 is 11.0. The summed E-state index contributed by atoms with van der Waals surface area (Å²) in [6.45, 7) is 4.39. The summed E-state index contributed by atoms with van der Waals surface area (Å²) in [4.78, 5) is 40.5. The molecule has 1 N–H and O–H groups in total. The van der Waals surface area contributed by atoms with Crippen LogP contribution in [-0.4, -0.2) is 44.0 Å². The molecule has 0 spiro atoms. The second-order valence-electron chi connectivity index (χ2n) is 10.3. The van der Waals surface area contributed by atoms with Crippen molar-refractivity contribution >= 4 is 40.6 Å². The maximum Gasteiger partial charge on any atom is 0.328 e. The van der Waals surface area contributed by atoms with E-state index in [0.717, 1.165) is 11.3 Å². The molecule has 0 heterocycles. The highest BCUT2D eigenvalue weighted by Gasteiger charge is 2.23.